The van der Waals surface area contributed by atoms with E-state index in [0.29, 0.717) is 11.2 Å². The van der Waals surface area contributed by atoms with E-state index in [9.17, 15) is 18.0 Å². The minimum Gasteiger partial charge on any atom is -0.467 e. The van der Waals surface area contributed by atoms with Gasteiger partial charge in [0, 0.05) is 43.3 Å². The van der Waals surface area contributed by atoms with E-state index in [4.69, 9.17) is 4.74 Å². The monoisotopic (exact) mass is 497 g/mol. The number of rotatable bonds is 4. The zero-order valence-corrected chi connectivity index (χ0v) is 19.1. The summed E-state index contributed by atoms with van der Waals surface area (Å²) in [5.41, 5.74) is -0.255. The van der Waals surface area contributed by atoms with Crippen LogP contribution in [-0.2, 0) is 4.79 Å². The van der Waals surface area contributed by atoms with Crippen LogP contribution < -0.4 is 9.64 Å². The maximum Gasteiger partial charge on any atom is 0.318 e. The first-order chi connectivity index (χ1) is 17.3. The Morgan fingerprint density at radius 2 is 1.78 bits per heavy atom. The summed E-state index contributed by atoms with van der Waals surface area (Å²) >= 11 is 0. The van der Waals surface area contributed by atoms with Crippen LogP contribution in [0.1, 0.15) is 0 Å². The largest absolute Gasteiger partial charge is 0.467 e. The van der Waals surface area contributed by atoms with Gasteiger partial charge in [0.05, 0.1) is 12.5 Å². The minimum atomic E-state index is -1.10. The van der Waals surface area contributed by atoms with Crippen LogP contribution in [-0.4, -0.2) is 59.0 Å². The molecule has 2 aromatic heterocycles. The van der Waals surface area contributed by atoms with Crippen LogP contribution in [0, 0.1) is 17.5 Å². The van der Waals surface area contributed by atoms with Crippen molar-refractivity contribution in [2.24, 2.45) is 0 Å². The molecule has 4 aromatic rings. The second-order valence-corrected chi connectivity index (χ2v) is 8.17. The topological polar surface area (TPSA) is 71.5 Å². The van der Waals surface area contributed by atoms with Gasteiger partial charge in [-0.15, -0.1) is 0 Å². The predicted molar refractivity (Wildman–Crippen MR) is 126 cm³/mol. The fourth-order valence-corrected chi connectivity index (χ4v) is 4.34. The first kappa shape index (κ1) is 23.5. The Labute approximate surface area is 202 Å². The van der Waals surface area contributed by atoms with Crippen LogP contribution >= 0.6 is 0 Å². The molecule has 3 heterocycles. The zero-order valence-electron chi connectivity index (χ0n) is 19.1. The smallest absolute Gasteiger partial charge is 0.318 e. The van der Waals surface area contributed by atoms with Crippen molar-refractivity contribution in [2.75, 3.05) is 38.2 Å². The third-order valence-electron chi connectivity index (χ3n) is 6.11. The normalized spacial score (nSPS) is 13.9. The van der Waals surface area contributed by atoms with E-state index in [1.165, 1.54) is 30.3 Å². The molecule has 0 atom stereocenters. The van der Waals surface area contributed by atoms with Gasteiger partial charge >= 0.3 is 6.01 Å². The molecule has 1 amide bonds. The molecule has 0 N–H and O–H groups in total. The van der Waals surface area contributed by atoms with Gasteiger partial charge in [0.2, 0.25) is 0 Å². The summed E-state index contributed by atoms with van der Waals surface area (Å²) in [4.78, 5) is 27.7. The first-order valence-electron chi connectivity index (χ1n) is 11.0. The fraction of sp³-hybridized carbons (Fsp3) is 0.200. The molecule has 11 heteroatoms. The number of halogens is 4. The average molecular weight is 497 g/mol. The van der Waals surface area contributed by atoms with Crippen LogP contribution in [0.3, 0.4) is 0 Å². The van der Waals surface area contributed by atoms with Crippen LogP contribution in [0.5, 0.6) is 6.01 Å². The Kier molecular flexibility index (Phi) is 5.91. The highest BCUT2D eigenvalue weighted by atomic mass is 19.2. The summed E-state index contributed by atoms with van der Waals surface area (Å²) in [6, 6.07) is 6.94. The number of pyridine rings is 1. The van der Waals surface area contributed by atoms with Crippen molar-refractivity contribution in [3.05, 3.63) is 66.4 Å². The lowest BCUT2D eigenvalue weighted by Gasteiger charge is -2.35. The Morgan fingerprint density at radius 3 is 2.47 bits per heavy atom. The van der Waals surface area contributed by atoms with E-state index in [1.807, 2.05) is 0 Å². The van der Waals surface area contributed by atoms with Crippen molar-refractivity contribution in [3.63, 3.8) is 0 Å². The standard InChI is InChI=1S/C25H19F4N5O2/c1-13(26)24(35)34-10-8-33(9-11-34)23-16-12-30-21(20(29)22(16)31-25(32-23)36-2)15-5-3-4-14-6-7-17(27)19(28)18(14)15/h3-7,12H,1,8-11H2,2H3. The van der Waals surface area contributed by atoms with E-state index in [1.54, 1.807) is 17.0 Å². The summed E-state index contributed by atoms with van der Waals surface area (Å²) in [5.74, 6) is -4.52. The van der Waals surface area contributed by atoms with Gasteiger partial charge in [-0.3, -0.25) is 9.78 Å². The third kappa shape index (κ3) is 3.86. The van der Waals surface area contributed by atoms with E-state index >= 15 is 4.39 Å². The molecule has 0 unspecified atom stereocenters. The number of aromatic nitrogens is 3. The number of methoxy groups -OCH3 is 1. The molecule has 5 rings (SSSR count). The highest BCUT2D eigenvalue weighted by Crippen LogP contribution is 2.36. The number of amides is 1. The summed E-state index contributed by atoms with van der Waals surface area (Å²) in [6.07, 6.45) is 1.36. The SMILES string of the molecule is C=C(F)C(=O)N1CCN(c2nc(OC)nc3c(F)c(-c4cccc5ccc(F)c(F)c45)ncc23)CC1. The van der Waals surface area contributed by atoms with Crippen molar-refractivity contribution in [1.82, 2.24) is 19.9 Å². The van der Waals surface area contributed by atoms with Gasteiger partial charge in [0.15, 0.2) is 23.3 Å². The van der Waals surface area contributed by atoms with Crippen molar-refractivity contribution < 1.29 is 27.1 Å². The number of carbonyl (C=O) groups is 1. The van der Waals surface area contributed by atoms with Gasteiger partial charge in [-0.05, 0) is 11.5 Å². The van der Waals surface area contributed by atoms with Crippen LogP contribution in [0.15, 0.2) is 48.9 Å². The average Bonchev–Trinajstić information content (AvgIpc) is 2.90. The molecular weight excluding hydrogens is 478 g/mol. The number of carbonyl (C=O) groups excluding carboxylic acids is 1. The van der Waals surface area contributed by atoms with Crippen LogP contribution in [0.2, 0.25) is 0 Å². The van der Waals surface area contributed by atoms with Gasteiger partial charge in [-0.25, -0.2) is 17.6 Å². The summed E-state index contributed by atoms with van der Waals surface area (Å²) < 4.78 is 63.0. The lowest BCUT2D eigenvalue weighted by atomic mass is 10.00. The summed E-state index contributed by atoms with van der Waals surface area (Å²) in [7, 11) is 1.33. The second kappa shape index (κ2) is 9.06. The lowest BCUT2D eigenvalue weighted by Crippen LogP contribution is -2.49. The molecule has 184 valence electrons. The molecule has 36 heavy (non-hydrogen) atoms. The Balaban J connectivity index is 1.62. The molecule has 0 aliphatic carbocycles. The van der Waals surface area contributed by atoms with Crippen LogP contribution in [0.25, 0.3) is 32.9 Å². The molecule has 0 spiro atoms. The molecule has 2 aromatic carbocycles. The Morgan fingerprint density at radius 1 is 1.03 bits per heavy atom. The third-order valence-corrected chi connectivity index (χ3v) is 6.11. The number of anilines is 1. The molecule has 1 fully saturated rings. The number of hydrogen-bond acceptors (Lipinski definition) is 6. The van der Waals surface area contributed by atoms with Gasteiger partial charge in [0.1, 0.15) is 17.0 Å². The Hall–Kier alpha value is -4.28. The molecule has 0 saturated carbocycles. The zero-order chi connectivity index (χ0) is 25.6. The first-order valence-corrected chi connectivity index (χ1v) is 11.0. The summed E-state index contributed by atoms with van der Waals surface area (Å²) in [6.45, 7) is 4.00. The maximum absolute atomic E-state index is 15.9. The molecule has 1 saturated heterocycles. The molecular formula is C25H19F4N5O2. The predicted octanol–water partition coefficient (Wildman–Crippen LogP) is 4.40. The summed E-state index contributed by atoms with van der Waals surface area (Å²) in [5, 5.41) is 0.551. The Bertz CT molecular complexity index is 1540. The van der Waals surface area contributed by atoms with E-state index in [2.05, 4.69) is 21.5 Å². The highest BCUT2D eigenvalue weighted by Gasteiger charge is 2.27. The van der Waals surface area contributed by atoms with Crippen molar-refractivity contribution >= 4 is 33.4 Å². The number of piperazine rings is 1. The van der Waals surface area contributed by atoms with Crippen LogP contribution in [0.4, 0.5) is 23.4 Å². The number of hydrogen-bond donors (Lipinski definition) is 0. The molecule has 7 nitrogen and oxygen atoms in total. The van der Waals surface area contributed by atoms with Gasteiger partial charge in [0.25, 0.3) is 5.91 Å². The van der Waals surface area contributed by atoms with E-state index < -0.39 is 29.2 Å². The van der Waals surface area contributed by atoms with Crippen molar-refractivity contribution in [3.8, 4) is 17.3 Å². The number of fused-ring (bicyclic) bond motifs is 2. The molecule has 1 aliphatic rings. The van der Waals surface area contributed by atoms with Gasteiger partial charge in [-0.1, -0.05) is 30.8 Å². The maximum atomic E-state index is 15.9. The molecule has 0 radical (unpaired) electrons. The fourth-order valence-electron chi connectivity index (χ4n) is 4.34. The van der Waals surface area contributed by atoms with Crippen molar-refractivity contribution in [2.45, 2.75) is 0 Å². The van der Waals surface area contributed by atoms with Crippen molar-refractivity contribution in [1.29, 1.82) is 0 Å². The lowest BCUT2D eigenvalue weighted by molar-refractivity contribution is -0.128. The number of ether oxygens (including phenoxy) is 1. The van der Waals surface area contributed by atoms with E-state index in [-0.39, 0.29) is 59.7 Å². The minimum absolute atomic E-state index is 0.0709. The van der Waals surface area contributed by atoms with Gasteiger partial charge in [-0.2, -0.15) is 9.97 Å². The van der Waals surface area contributed by atoms with E-state index in [0.717, 1.165) is 6.07 Å². The second-order valence-electron chi connectivity index (χ2n) is 8.17. The molecule has 0 bridgehead atoms. The quantitative estimate of drug-likeness (QED) is 0.308. The highest BCUT2D eigenvalue weighted by molar-refractivity contribution is 5.99. The van der Waals surface area contributed by atoms with Gasteiger partial charge < -0.3 is 14.5 Å². The number of benzene rings is 2. The molecule has 1 aliphatic heterocycles. The number of nitrogens with zero attached hydrogens (tertiary/aromatic N) is 5.